The van der Waals surface area contributed by atoms with Crippen LogP contribution in [0.3, 0.4) is 0 Å². The molecule has 0 saturated heterocycles. The van der Waals surface area contributed by atoms with Gasteiger partial charge in [0.15, 0.2) is 0 Å². The van der Waals surface area contributed by atoms with Gasteiger partial charge in [0, 0.05) is 0 Å². The lowest BCUT2D eigenvalue weighted by Crippen LogP contribution is -2.45. The number of halogens is 5. The predicted octanol–water partition coefficient (Wildman–Crippen LogP) is 5.55. The minimum atomic E-state index is -4.66. The van der Waals surface area contributed by atoms with Gasteiger partial charge in [-0.15, -0.1) is 0 Å². The number of alkyl halides is 3. The van der Waals surface area contributed by atoms with Crippen molar-refractivity contribution in [2.75, 3.05) is 12.4 Å². The van der Waals surface area contributed by atoms with Crippen LogP contribution in [0.25, 0.3) is 0 Å². The van der Waals surface area contributed by atoms with E-state index in [-0.39, 0.29) is 32.8 Å². The number of rotatable bonds is 8. The normalized spacial score (nSPS) is 12.7. The van der Waals surface area contributed by atoms with E-state index < -0.39 is 33.7 Å². The molecule has 35 heavy (non-hydrogen) atoms. The van der Waals surface area contributed by atoms with Gasteiger partial charge in [0.2, 0.25) is 15.9 Å². The number of amides is 1. The summed E-state index contributed by atoms with van der Waals surface area (Å²) < 4.78 is 72.7. The Morgan fingerprint density at radius 2 is 1.69 bits per heavy atom. The molecule has 0 aliphatic heterocycles. The summed E-state index contributed by atoms with van der Waals surface area (Å²) >= 11 is 12.0. The molecular weight excluding hydrogens is 528 g/mol. The lowest BCUT2D eigenvalue weighted by atomic mass is 10.1. The van der Waals surface area contributed by atoms with Gasteiger partial charge in [-0.2, -0.15) is 17.9 Å². The molecule has 0 unspecified atom stereocenters. The Morgan fingerprint density at radius 3 is 2.29 bits per heavy atom. The third kappa shape index (κ3) is 6.88. The van der Waals surface area contributed by atoms with Crippen LogP contribution in [0.15, 0.2) is 71.6 Å². The molecule has 6 nitrogen and oxygen atoms in total. The zero-order valence-electron chi connectivity index (χ0n) is 18.1. The van der Waals surface area contributed by atoms with E-state index >= 15 is 0 Å². The molecule has 0 saturated carbocycles. The minimum absolute atomic E-state index is 0.0372. The lowest BCUT2D eigenvalue weighted by Gasteiger charge is -2.20. The molecule has 186 valence electrons. The van der Waals surface area contributed by atoms with Crippen LogP contribution < -0.4 is 14.8 Å². The van der Waals surface area contributed by atoms with E-state index in [9.17, 15) is 26.4 Å². The van der Waals surface area contributed by atoms with Crippen LogP contribution in [0.2, 0.25) is 10.0 Å². The Kier molecular flexibility index (Phi) is 8.32. The van der Waals surface area contributed by atoms with Gasteiger partial charge in [-0.05, 0) is 48.4 Å². The summed E-state index contributed by atoms with van der Waals surface area (Å²) in [7, 11) is -2.90. The summed E-state index contributed by atoms with van der Waals surface area (Å²) in [6, 6.07) is 13.3. The second kappa shape index (κ2) is 10.9. The molecule has 0 aromatic heterocycles. The molecule has 0 heterocycles. The van der Waals surface area contributed by atoms with Gasteiger partial charge in [0.1, 0.15) is 11.8 Å². The van der Waals surface area contributed by atoms with Crippen molar-refractivity contribution in [3.8, 4) is 5.75 Å². The first-order valence-corrected chi connectivity index (χ1v) is 12.2. The molecule has 0 spiro atoms. The highest BCUT2D eigenvalue weighted by Gasteiger charge is 2.32. The van der Waals surface area contributed by atoms with Crippen molar-refractivity contribution in [1.29, 1.82) is 0 Å². The molecule has 1 amide bonds. The topological polar surface area (TPSA) is 84.5 Å². The van der Waals surface area contributed by atoms with Gasteiger partial charge in [-0.25, -0.2) is 8.42 Å². The zero-order chi connectivity index (χ0) is 25.8. The molecule has 0 aliphatic rings. The Morgan fingerprint density at radius 1 is 1.00 bits per heavy atom. The van der Waals surface area contributed by atoms with Crippen LogP contribution in [-0.2, 0) is 27.4 Å². The number of methoxy groups -OCH3 is 1. The monoisotopic (exact) mass is 546 g/mol. The van der Waals surface area contributed by atoms with Gasteiger partial charge < -0.3 is 10.1 Å². The van der Waals surface area contributed by atoms with Crippen LogP contribution >= 0.6 is 23.2 Å². The van der Waals surface area contributed by atoms with Gasteiger partial charge in [-0.3, -0.25) is 4.79 Å². The summed E-state index contributed by atoms with van der Waals surface area (Å²) in [5.41, 5.74) is -0.722. The van der Waals surface area contributed by atoms with E-state index in [0.29, 0.717) is 11.6 Å². The maximum Gasteiger partial charge on any atom is 0.416 e. The average molecular weight is 547 g/mol. The van der Waals surface area contributed by atoms with E-state index in [4.69, 9.17) is 27.9 Å². The van der Waals surface area contributed by atoms with Crippen LogP contribution in [0, 0.1) is 0 Å². The van der Waals surface area contributed by atoms with Gasteiger partial charge >= 0.3 is 6.18 Å². The lowest BCUT2D eigenvalue weighted by molar-refractivity contribution is -0.137. The van der Waals surface area contributed by atoms with Crippen LogP contribution in [0.1, 0.15) is 11.1 Å². The summed E-state index contributed by atoms with van der Waals surface area (Å²) in [6.07, 6.45) is -4.75. The van der Waals surface area contributed by atoms with Crippen molar-refractivity contribution < 1.29 is 31.1 Å². The van der Waals surface area contributed by atoms with Crippen molar-refractivity contribution in [3.63, 3.8) is 0 Å². The smallest absolute Gasteiger partial charge is 0.416 e. The summed E-state index contributed by atoms with van der Waals surface area (Å²) in [5.74, 6) is -0.651. The molecule has 1 atom stereocenters. The van der Waals surface area contributed by atoms with Gasteiger partial charge in [0.25, 0.3) is 0 Å². The van der Waals surface area contributed by atoms with Gasteiger partial charge in [0.05, 0.1) is 33.3 Å². The average Bonchev–Trinajstić information content (AvgIpc) is 2.79. The second-order valence-corrected chi connectivity index (χ2v) is 9.87. The number of ether oxygens (including phenoxy) is 1. The molecule has 2 N–H and O–H groups in total. The fraction of sp³-hybridized carbons (Fsp3) is 0.174. The minimum Gasteiger partial charge on any atom is -0.495 e. The van der Waals surface area contributed by atoms with E-state index in [1.807, 2.05) is 0 Å². The zero-order valence-corrected chi connectivity index (χ0v) is 20.4. The first kappa shape index (κ1) is 26.8. The molecular formula is C23H19Cl2F3N2O4S. The maximum absolute atomic E-state index is 13.1. The quantitative estimate of drug-likeness (QED) is 0.388. The van der Waals surface area contributed by atoms with E-state index in [2.05, 4.69) is 10.0 Å². The third-order valence-electron chi connectivity index (χ3n) is 4.88. The highest BCUT2D eigenvalue weighted by Crippen LogP contribution is 2.34. The first-order chi connectivity index (χ1) is 16.4. The second-order valence-electron chi connectivity index (χ2n) is 7.34. The highest BCUT2D eigenvalue weighted by atomic mass is 35.5. The predicted molar refractivity (Wildman–Crippen MR) is 127 cm³/mol. The molecule has 0 fully saturated rings. The Bertz CT molecular complexity index is 1320. The fourth-order valence-electron chi connectivity index (χ4n) is 3.12. The molecule has 3 aromatic carbocycles. The fourth-order valence-corrected chi connectivity index (χ4v) is 4.83. The van der Waals surface area contributed by atoms with Crippen LogP contribution in [-0.4, -0.2) is 27.5 Å². The number of nitrogens with one attached hydrogen (secondary N) is 2. The maximum atomic E-state index is 13.1. The van der Waals surface area contributed by atoms with Crippen molar-refractivity contribution in [3.05, 3.63) is 87.9 Å². The van der Waals surface area contributed by atoms with Gasteiger partial charge in [-0.1, -0.05) is 53.5 Å². The largest absolute Gasteiger partial charge is 0.495 e. The standard InChI is InChI=1S/C23H19Cl2F3N2O4S/c1-34-21-10-8-16(13-18(21)25)35(32,33)30-20(11-14-5-3-2-4-6-14)22(31)29-19-12-15(23(26,27)28)7-9-17(19)24/h2-10,12-13,20,30H,11H2,1H3,(H,29,31)/t20-/m1/s1. The first-order valence-electron chi connectivity index (χ1n) is 9.98. The number of anilines is 1. The number of carbonyl (C=O) groups is 1. The van der Waals surface area contributed by atoms with Crippen molar-refractivity contribution in [2.45, 2.75) is 23.5 Å². The summed E-state index contributed by atoms with van der Waals surface area (Å²) in [5, 5.41) is 2.20. The molecule has 0 radical (unpaired) electrons. The third-order valence-corrected chi connectivity index (χ3v) is 6.98. The molecule has 12 heteroatoms. The van der Waals surface area contributed by atoms with Crippen molar-refractivity contribution in [1.82, 2.24) is 4.72 Å². The van der Waals surface area contributed by atoms with E-state index in [0.717, 1.165) is 18.2 Å². The Hall–Kier alpha value is -2.79. The summed E-state index contributed by atoms with van der Waals surface area (Å²) in [6.45, 7) is 0. The number of carbonyl (C=O) groups excluding carboxylic acids is 1. The summed E-state index contributed by atoms with van der Waals surface area (Å²) in [4.78, 5) is 12.9. The number of sulfonamides is 1. The Balaban J connectivity index is 1.93. The van der Waals surface area contributed by atoms with Crippen molar-refractivity contribution >= 4 is 44.8 Å². The highest BCUT2D eigenvalue weighted by molar-refractivity contribution is 7.89. The number of hydrogen-bond donors (Lipinski definition) is 2. The number of hydrogen-bond acceptors (Lipinski definition) is 4. The Labute approximate surface area is 210 Å². The SMILES string of the molecule is COc1ccc(S(=O)(=O)N[C@H](Cc2ccccc2)C(=O)Nc2cc(C(F)(F)F)ccc2Cl)cc1Cl. The molecule has 0 bridgehead atoms. The molecule has 0 aliphatic carbocycles. The van der Waals surface area contributed by atoms with Crippen molar-refractivity contribution in [2.24, 2.45) is 0 Å². The van der Waals surface area contributed by atoms with Crippen LogP contribution in [0.5, 0.6) is 5.75 Å². The molecule has 3 rings (SSSR count). The van der Waals surface area contributed by atoms with E-state index in [1.165, 1.54) is 19.2 Å². The molecule has 3 aromatic rings. The van der Waals surface area contributed by atoms with E-state index in [1.54, 1.807) is 30.3 Å². The van der Waals surface area contributed by atoms with Crippen LogP contribution in [0.4, 0.5) is 18.9 Å². The number of benzene rings is 3.